The van der Waals surface area contributed by atoms with Crippen molar-refractivity contribution in [2.45, 2.75) is 13.5 Å². The molecule has 1 aromatic carbocycles. The van der Waals surface area contributed by atoms with Gasteiger partial charge < -0.3 is 9.67 Å². The van der Waals surface area contributed by atoms with E-state index in [0.717, 1.165) is 23.0 Å². The van der Waals surface area contributed by atoms with Gasteiger partial charge in [0.2, 0.25) is 0 Å². The summed E-state index contributed by atoms with van der Waals surface area (Å²) in [7, 11) is 0. The minimum absolute atomic E-state index is 0.320. The number of benzene rings is 1. The van der Waals surface area contributed by atoms with Crippen LogP contribution in [0.2, 0.25) is 0 Å². The summed E-state index contributed by atoms with van der Waals surface area (Å²) in [6, 6.07) is 7.07. The Morgan fingerprint density at radius 2 is 2.19 bits per heavy atom. The van der Waals surface area contributed by atoms with E-state index in [1.165, 1.54) is 0 Å². The number of hydrogen-bond donors (Lipinski definition) is 1. The van der Waals surface area contributed by atoms with Crippen LogP contribution in [0.15, 0.2) is 42.6 Å². The van der Waals surface area contributed by atoms with Crippen LogP contribution < -0.4 is 0 Å². The van der Waals surface area contributed by atoms with E-state index >= 15 is 0 Å². The molecule has 1 aromatic heterocycles. The maximum Gasteiger partial charge on any atom is 0.335 e. The molecule has 3 nitrogen and oxygen atoms in total. The molecule has 2 aromatic rings. The smallest absolute Gasteiger partial charge is 0.335 e. The standard InChI is InChI=1S/C13H13NO2/c1-9(2)8-14-6-5-10-7-11(13(15)16)3-4-12(10)14/h3-7H,1,8H2,2H3,(H,15,16). The fourth-order valence-corrected chi connectivity index (χ4v) is 1.76. The van der Waals surface area contributed by atoms with Crippen LogP contribution in [0.25, 0.3) is 10.9 Å². The Morgan fingerprint density at radius 1 is 1.44 bits per heavy atom. The predicted molar refractivity (Wildman–Crippen MR) is 63.7 cm³/mol. The minimum atomic E-state index is -0.894. The lowest BCUT2D eigenvalue weighted by molar-refractivity contribution is 0.0697. The average molecular weight is 215 g/mol. The highest BCUT2D eigenvalue weighted by Crippen LogP contribution is 2.18. The predicted octanol–water partition coefficient (Wildman–Crippen LogP) is 2.92. The average Bonchev–Trinajstić information content (AvgIpc) is 2.60. The molecule has 0 saturated carbocycles. The van der Waals surface area contributed by atoms with E-state index in [-0.39, 0.29) is 0 Å². The van der Waals surface area contributed by atoms with Crippen LogP contribution in [0.1, 0.15) is 17.3 Å². The van der Waals surface area contributed by atoms with Gasteiger partial charge in [-0.05, 0) is 31.2 Å². The zero-order valence-corrected chi connectivity index (χ0v) is 9.10. The maximum atomic E-state index is 10.8. The van der Waals surface area contributed by atoms with Gasteiger partial charge in [0.15, 0.2) is 0 Å². The molecular weight excluding hydrogens is 202 g/mol. The quantitative estimate of drug-likeness (QED) is 0.800. The van der Waals surface area contributed by atoms with E-state index in [0.29, 0.717) is 5.56 Å². The van der Waals surface area contributed by atoms with Crippen molar-refractivity contribution in [3.05, 3.63) is 48.2 Å². The highest BCUT2D eigenvalue weighted by Gasteiger charge is 2.06. The Morgan fingerprint density at radius 3 is 2.81 bits per heavy atom. The molecule has 16 heavy (non-hydrogen) atoms. The Balaban J connectivity index is 2.50. The van der Waals surface area contributed by atoms with Gasteiger partial charge in [0, 0.05) is 23.6 Å². The largest absolute Gasteiger partial charge is 0.478 e. The lowest BCUT2D eigenvalue weighted by Gasteiger charge is -2.04. The lowest BCUT2D eigenvalue weighted by Crippen LogP contribution is -1.98. The van der Waals surface area contributed by atoms with Crippen LogP contribution >= 0.6 is 0 Å². The molecule has 1 N–H and O–H groups in total. The molecule has 0 aliphatic heterocycles. The molecule has 0 aliphatic carbocycles. The zero-order valence-electron chi connectivity index (χ0n) is 9.10. The summed E-state index contributed by atoms with van der Waals surface area (Å²) in [5.41, 5.74) is 2.42. The van der Waals surface area contributed by atoms with Gasteiger partial charge in [0.05, 0.1) is 5.56 Å². The summed E-state index contributed by atoms with van der Waals surface area (Å²) in [6.45, 7) is 6.60. The van der Waals surface area contributed by atoms with Gasteiger partial charge in [-0.15, -0.1) is 0 Å². The van der Waals surface area contributed by atoms with E-state index in [2.05, 4.69) is 11.1 Å². The van der Waals surface area contributed by atoms with Gasteiger partial charge in [-0.3, -0.25) is 0 Å². The summed E-state index contributed by atoms with van der Waals surface area (Å²) in [6.07, 6.45) is 1.95. The second-order valence-electron chi connectivity index (χ2n) is 3.98. The van der Waals surface area contributed by atoms with Crippen molar-refractivity contribution >= 4 is 16.9 Å². The Bertz CT molecular complexity index is 566. The molecule has 82 valence electrons. The summed E-state index contributed by atoms with van der Waals surface area (Å²) >= 11 is 0. The van der Waals surface area contributed by atoms with Crippen molar-refractivity contribution < 1.29 is 9.90 Å². The second-order valence-corrected chi connectivity index (χ2v) is 3.98. The highest BCUT2D eigenvalue weighted by atomic mass is 16.4. The minimum Gasteiger partial charge on any atom is -0.478 e. The van der Waals surface area contributed by atoms with Gasteiger partial charge in [-0.1, -0.05) is 12.2 Å². The van der Waals surface area contributed by atoms with Crippen LogP contribution in [0, 0.1) is 0 Å². The first-order valence-corrected chi connectivity index (χ1v) is 5.04. The number of carboxylic acid groups (broad SMARTS) is 1. The third-order valence-electron chi connectivity index (χ3n) is 2.46. The van der Waals surface area contributed by atoms with Gasteiger partial charge in [-0.2, -0.15) is 0 Å². The molecule has 1 heterocycles. The molecule has 0 saturated heterocycles. The van der Waals surface area contributed by atoms with Crippen molar-refractivity contribution in [2.75, 3.05) is 0 Å². The molecule has 0 radical (unpaired) electrons. The molecule has 0 unspecified atom stereocenters. The number of rotatable bonds is 3. The lowest BCUT2D eigenvalue weighted by atomic mass is 10.1. The van der Waals surface area contributed by atoms with Crippen molar-refractivity contribution in [3.8, 4) is 0 Å². The number of carbonyl (C=O) groups is 1. The van der Waals surface area contributed by atoms with Crippen LogP contribution in [0.4, 0.5) is 0 Å². The monoisotopic (exact) mass is 215 g/mol. The van der Waals surface area contributed by atoms with E-state index in [4.69, 9.17) is 5.11 Å². The molecule has 3 heteroatoms. The molecule has 0 fully saturated rings. The summed E-state index contributed by atoms with van der Waals surface area (Å²) in [5.74, 6) is -0.894. The van der Waals surface area contributed by atoms with Crippen molar-refractivity contribution in [2.24, 2.45) is 0 Å². The SMILES string of the molecule is C=C(C)Cn1ccc2cc(C(=O)O)ccc21. The summed E-state index contributed by atoms with van der Waals surface area (Å²) < 4.78 is 2.06. The summed E-state index contributed by atoms with van der Waals surface area (Å²) in [5, 5.41) is 9.82. The van der Waals surface area contributed by atoms with Crippen LogP contribution in [0.3, 0.4) is 0 Å². The van der Waals surface area contributed by atoms with Gasteiger partial charge in [0.25, 0.3) is 0 Å². The van der Waals surface area contributed by atoms with Crippen molar-refractivity contribution in [3.63, 3.8) is 0 Å². The fourth-order valence-electron chi connectivity index (χ4n) is 1.76. The van der Waals surface area contributed by atoms with E-state index in [1.807, 2.05) is 25.3 Å². The van der Waals surface area contributed by atoms with Crippen molar-refractivity contribution in [1.29, 1.82) is 0 Å². The first kappa shape index (κ1) is 10.5. The van der Waals surface area contributed by atoms with Crippen LogP contribution in [-0.2, 0) is 6.54 Å². The molecule has 0 atom stereocenters. The number of fused-ring (bicyclic) bond motifs is 1. The molecule has 2 rings (SSSR count). The number of carboxylic acids is 1. The Labute approximate surface area is 93.6 Å². The van der Waals surface area contributed by atoms with Crippen LogP contribution in [-0.4, -0.2) is 15.6 Å². The highest BCUT2D eigenvalue weighted by molar-refractivity contribution is 5.93. The maximum absolute atomic E-state index is 10.8. The van der Waals surface area contributed by atoms with E-state index < -0.39 is 5.97 Å². The first-order chi connectivity index (χ1) is 7.58. The first-order valence-electron chi connectivity index (χ1n) is 5.04. The van der Waals surface area contributed by atoms with Gasteiger partial charge in [-0.25, -0.2) is 4.79 Å². The van der Waals surface area contributed by atoms with E-state index in [1.54, 1.807) is 12.1 Å². The second kappa shape index (κ2) is 3.85. The van der Waals surface area contributed by atoms with Crippen LogP contribution in [0.5, 0.6) is 0 Å². The number of allylic oxidation sites excluding steroid dienone is 1. The Hall–Kier alpha value is -2.03. The van der Waals surface area contributed by atoms with Crippen molar-refractivity contribution in [1.82, 2.24) is 4.57 Å². The van der Waals surface area contributed by atoms with Gasteiger partial charge >= 0.3 is 5.97 Å². The Kier molecular flexibility index (Phi) is 2.52. The number of hydrogen-bond acceptors (Lipinski definition) is 1. The molecule has 0 spiro atoms. The summed E-state index contributed by atoms with van der Waals surface area (Å²) in [4.78, 5) is 10.8. The molecule has 0 amide bonds. The third-order valence-corrected chi connectivity index (χ3v) is 2.46. The normalized spacial score (nSPS) is 10.6. The number of aromatic carboxylic acids is 1. The fraction of sp³-hybridized carbons (Fsp3) is 0.154. The topological polar surface area (TPSA) is 42.2 Å². The number of aromatic nitrogens is 1. The van der Waals surface area contributed by atoms with Gasteiger partial charge in [0.1, 0.15) is 0 Å². The molecular formula is C13H13NO2. The number of nitrogens with zero attached hydrogens (tertiary/aromatic N) is 1. The molecule has 0 bridgehead atoms. The third kappa shape index (κ3) is 1.84. The van der Waals surface area contributed by atoms with E-state index in [9.17, 15) is 4.79 Å². The molecule has 0 aliphatic rings. The zero-order chi connectivity index (χ0) is 11.7.